The fourth-order valence-corrected chi connectivity index (χ4v) is 3.53. The molecule has 0 aliphatic heterocycles. The van der Waals surface area contributed by atoms with Gasteiger partial charge in [-0.1, -0.05) is 35.9 Å². The van der Waals surface area contributed by atoms with E-state index in [4.69, 9.17) is 16.3 Å². The largest absolute Gasteiger partial charge is 0.466 e. The van der Waals surface area contributed by atoms with E-state index in [2.05, 4.69) is 10.0 Å². The van der Waals surface area contributed by atoms with Gasteiger partial charge < -0.3 is 10.1 Å². The zero-order valence-electron chi connectivity index (χ0n) is 16.1. The second-order valence-corrected chi connectivity index (χ2v) is 8.64. The fraction of sp³-hybridized carbons (Fsp3) is 0.300. The molecular formula is C20H23ClN2O5S. The molecule has 0 radical (unpaired) electrons. The minimum Gasteiger partial charge on any atom is -0.466 e. The maximum Gasteiger partial charge on any atom is 0.310 e. The molecule has 0 aromatic heterocycles. The number of hydrogen-bond acceptors (Lipinski definition) is 5. The first-order valence-corrected chi connectivity index (χ1v) is 11.2. The first-order valence-electron chi connectivity index (χ1n) is 8.93. The molecule has 2 N–H and O–H groups in total. The molecule has 0 heterocycles. The summed E-state index contributed by atoms with van der Waals surface area (Å²) in [7, 11) is -3.53. The van der Waals surface area contributed by atoms with E-state index in [1.165, 1.54) is 0 Å². The van der Waals surface area contributed by atoms with E-state index in [0.29, 0.717) is 22.9 Å². The first kappa shape index (κ1) is 22.9. The number of sulfonamides is 1. The Labute approximate surface area is 175 Å². The molecule has 2 aromatic rings. The maximum absolute atomic E-state index is 12.5. The Balaban J connectivity index is 2.03. The van der Waals surface area contributed by atoms with E-state index >= 15 is 0 Å². The van der Waals surface area contributed by atoms with Crippen molar-refractivity contribution in [3.63, 3.8) is 0 Å². The number of rotatable bonds is 9. The molecule has 0 aliphatic rings. The van der Waals surface area contributed by atoms with Crippen molar-refractivity contribution in [2.75, 3.05) is 18.2 Å². The standard InChI is InChI=1S/C20H23ClN2O5S/c1-3-28-20(25)12-14-4-10-17(11-5-14)22-19(24)13-18(23-29(2,26)27)15-6-8-16(21)9-7-15/h4-11,18,23H,3,12-13H2,1-2H3,(H,22,24)/t18-/m1/s1. The molecule has 29 heavy (non-hydrogen) atoms. The van der Waals surface area contributed by atoms with Crippen molar-refractivity contribution < 1.29 is 22.7 Å². The van der Waals surface area contributed by atoms with Crippen LogP contribution in [0.4, 0.5) is 5.69 Å². The highest BCUT2D eigenvalue weighted by Gasteiger charge is 2.20. The molecule has 0 fully saturated rings. The lowest BCUT2D eigenvalue weighted by molar-refractivity contribution is -0.142. The lowest BCUT2D eigenvalue weighted by Gasteiger charge is -2.18. The fourth-order valence-electron chi connectivity index (χ4n) is 2.66. The maximum atomic E-state index is 12.5. The summed E-state index contributed by atoms with van der Waals surface area (Å²) >= 11 is 5.88. The summed E-state index contributed by atoms with van der Waals surface area (Å²) in [6, 6.07) is 12.7. The van der Waals surface area contributed by atoms with Crippen LogP contribution in [0.25, 0.3) is 0 Å². The van der Waals surface area contributed by atoms with E-state index in [-0.39, 0.29) is 24.7 Å². The van der Waals surface area contributed by atoms with Gasteiger partial charge in [-0.2, -0.15) is 0 Å². The molecule has 0 saturated heterocycles. The van der Waals surface area contributed by atoms with Crippen molar-refractivity contribution in [1.82, 2.24) is 4.72 Å². The van der Waals surface area contributed by atoms with Crippen molar-refractivity contribution in [3.05, 3.63) is 64.7 Å². The summed E-state index contributed by atoms with van der Waals surface area (Å²) < 4.78 is 30.7. The molecule has 1 atom stereocenters. The molecule has 0 unspecified atom stereocenters. The van der Waals surface area contributed by atoms with Gasteiger partial charge in [-0.3, -0.25) is 9.59 Å². The van der Waals surface area contributed by atoms with Crippen LogP contribution < -0.4 is 10.0 Å². The molecule has 156 valence electrons. The lowest BCUT2D eigenvalue weighted by atomic mass is 10.0. The van der Waals surface area contributed by atoms with E-state index in [1.807, 2.05) is 0 Å². The van der Waals surface area contributed by atoms with Crippen LogP contribution in [-0.4, -0.2) is 33.2 Å². The Kier molecular flexibility index (Phi) is 8.19. The third-order valence-corrected chi connectivity index (χ3v) is 4.87. The summed E-state index contributed by atoms with van der Waals surface area (Å²) in [6.07, 6.45) is 1.09. The molecule has 0 aliphatic carbocycles. The van der Waals surface area contributed by atoms with Gasteiger partial charge in [-0.25, -0.2) is 13.1 Å². The van der Waals surface area contributed by atoms with Crippen molar-refractivity contribution in [1.29, 1.82) is 0 Å². The number of carbonyl (C=O) groups is 2. The summed E-state index contributed by atoms with van der Waals surface area (Å²) in [5.74, 6) is -0.679. The lowest BCUT2D eigenvalue weighted by Crippen LogP contribution is -2.30. The molecule has 2 aromatic carbocycles. The van der Waals surface area contributed by atoms with Gasteiger partial charge in [0.15, 0.2) is 0 Å². The quantitative estimate of drug-likeness (QED) is 0.586. The van der Waals surface area contributed by atoms with Gasteiger partial charge in [-0.15, -0.1) is 0 Å². The second kappa shape index (κ2) is 10.4. The van der Waals surface area contributed by atoms with Crippen LogP contribution in [0.3, 0.4) is 0 Å². The zero-order chi connectivity index (χ0) is 21.4. The van der Waals surface area contributed by atoms with Crippen LogP contribution in [0.1, 0.15) is 30.5 Å². The molecule has 0 saturated carbocycles. The van der Waals surface area contributed by atoms with E-state index < -0.39 is 16.1 Å². The summed E-state index contributed by atoms with van der Waals surface area (Å²) in [5.41, 5.74) is 1.93. The van der Waals surface area contributed by atoms with E-state index in [9.17, 15) is 18.0 Å². The van der Waals surface area contributed by atoms with Crippen molar-refractivity contribution in [3.8, 4) is 0 Å². The Hall–Kier alpha value is -2.42. The van der Waals surface area contributed by atoms with Gasteiger partial charge in [0.25, 0.3) is 0 Å². The van der Waals surface area contributed by atoms with Crippen molar-refractivity contribution >= 4 is 39.2 Å². The van der Waals surface area contributed by atoms with Gasteiger partial charge in [-0.05, 0) is 42.3 Å². The highest BCUT2D eigenvalue weighted by atomic mass is 35.5. The van der Waals surface area contributed by atoms with Crippen LogP contribution in [0.5, 0.6) is 0 Å². The predicted octanol–water partition coefficient (Wildman–Crippen LogP) is 3.06. The minimum absolute atomic E-state index is 0.0979. The molecule has 2 rings (SSSR count). The summed E-state index contributed by atoms with van der Waals surface area (Å²) in [6.45, 7) is 2.07. The molecule has 7 nitrogen and oxygen atoms in total. The average molecular weight is 439 g/mol. The Bertz CT molecular complexity index is 944. The summed E-state index contributed by atoms with van der Waals surface area (Å²) in [5, 5.41) is 3.24. The monoisotopic (exact) mass is 438 g/mol. The second-order valence-electron chi connectivity index (χ2n) is 6.43. The van der Waals surface area contributed by atoms with Gasteiger partial charge in [0.2, 0.25) is 15.9 Å². The van der Waals surface area contributed by atoms with Gasteiger partial charge in [0.05, 0.1) is 25.3 Å². The number of carbonyl (C=O) groups excluding carboxylic acids is 2. The predicted molar refractivity (Wildman–Crippen MR) is 112 cm³/mol. The first-order chi connectivity index (χ1) is 13.7. The van der Waals surface area contributed by atoms with Crippen LogP contribution in [0.15, 0.2) is 48.5 Å². The summed E-state index contributed by atoms with van der Waals surface area (Å²) in [4.78, 5) is 24.0. The van der Waals surface area contributed by atoms with Crippen LogP contribution in [0, 0.1) is 0 Å². The van der Waals surface area contributed by atoms with Gasteiger partial charge in [0.1, 0.15) is 0 Å². The number of ether oxygens (including phenoxy) is 1. The highest BCUT2D eigenvalue weighted by Crippen LogP contribution is 2.21. The third-order valence-electron chi connectivity index (χ3n) is 3.91. The number of nitrogens with one attached hydrogen (secondary N) is 2. The smallest absolute Gasteiger partial charge is 0.310 e. The van der Waals surface area contributed by atoms with E-state index in [1.54, 1.807) is 55.5 Å². The normalized spacial score (nSPS) is 12.2. The van der Waals surface area contributed by atoms with Crippen molar-refractivity contribution in [2.45, 2.75) is 25.8 Å². The Morgan fingerprint density at radius 3 is 2.24 bits per heavy atom. The number of hydrogen-bond donors (Lipinski definition) is 2. The van der Waals surface area contributed by atoms with Crippen LogP contribution in [-0.2, 0) is 30.8 Å². The number of halogens is 1. The molecule has 0 spiro atoms. The third kappa shape index (κ3) is 8.23. The number of amides is 1. The molecular weight excluding hydrogens is 416 g/mol. The Morgan fingerprint density at radius 2 is 1.69 bits per heavy atom. The van der Waals surface area contributed by atoms with Crippen molar-refractivity contribution in [2.24, 2.45) is 0 Å². The van der Waals surface area contributed by atoms with Crippen LogP contribution >= 0.6 is 11.6 Å². The number of esters is 1. The van der Waals surface area contributed by atoms with Gasteiger partial charge >= 0.3 is 5.97 Å². The topological polar surface area (TPSA) is 102 Å². The zero-order valence-corrected chi connectivity index (χ0v) is 17.7. The highest BCUT2D eigenvalue weighted by molar-refractivity contribution is 7.88. The molecule has 9 heteroatoms. The Morgan fingerprint density at radius 1 is 1.07 bits per heavy atom. The SMILES string of the molecule is CCOC(=O)Cc1ccc(NC(=O)C[C@@H](NS(C)(=O)=O)c2ccc(Cl)cc2)cc1. The van der Waals surface area contributed by atoms with E-state index in [0.717, 1.165) is 11.8 Å². The van der Waals surface area contributed by atoms with Gasteiger partial charge in [0, 0.05) is 17.1 Å². The minimum atomic E-state index is -3.53. The number of benzene rings is 2. The number of anilines is 1. The molecule has 1 amide bonds. The van der Waals surface area contributed by atoms with Crippen LogP contribution in [0.2, 0.25) is 5.02 Å². The average Bonchev–Trinajstić information content (AvgIpc) is 2.62. The molecule has 0 bridgehead atoms.